The molecule has 0 saturated heterocycles. The lowest BCUT2D eigenvalue weighted by molar-refractivity contribution is -0.125. The minimum absolute atomic E-state index is 0.00945. The van der Waals surface area contributed by atoms with Crippen molar-refractivity contribution in [2.45, 2.75) is 33.2 Å². The van der Waals surface area contributed by atoms with Gasteiger partial charge in [0.1, 0.15) is 0 Å². The number of nitrogens with zero attached hydrogens (tertiary/aromatic N) is 1. The smallest absolute Gasteiger partial charge is 0.372 e. The van der Waals surface area contributed by atoms with Crippen LogP contribution in [0, 0.1) is 0 Å². The summed E-state index contributed by atoms with van der Waals surface area (Å²) < 4.78 is 12.3. The van der Waals surface area contributed by atoms with Crippen molar-refractivity contribution in [2.75, 3.05) is 26.8 Å². The summed E-state index contributed by atoms with van der Waals surface area (Å²) in [7, 11) is -0.651. The van der Waals surface area contributed by atoms with Crippen molar-refractivity contribution >= 4 is 19.7 Å². The molecule has 23 heavy (non-hydrogen) atoms. The van der Waals surface area contributed by atoms with Gasteiger partial charge in [-0.2, -0.15) is 0 Å². The predicted octanol–water partition coefficient (Wildman–Crippen LogP) is 2.83. The third-order valence-electron chi connectivity index (χ3n) is 3.68. The molecule has 4 nitrogen and oxygen atoms in total. The lowest BCUT2D eigenvalue weighted by Crippen LogP contribution is -2.54. The van der Waals surface area contributed by atoms with E-state index in [1.807, 2.05) is 39.1 Å². The Hall–Kier alpha value is -1.43. The lowest BCUT2D eigenvalue weighted by Gasteiger charge is -2.31. The summed E-state index contributed by atoms with van der Waals surface area (Å²) in [6.45, 7) is 11.4. The van der Waals surface area contributed by atoms with E-state index in [1.165, 1.54) is 0 Å². The summed E-state index contributed by atoms with van der Waals surface area (Å²) in [5.74, 6) is -0.00945. The molecule has 0 N–H and O–H groups in total. The average molecular weight is 336 g/mol. The Morgan fingerprint density at radius 1 is 1.17 bits per heavy atom. The van der Waals surface area contributed by atoms with Crippen LogP contribution < -0.4 is 5.19 Å². The van der Waals surface area contributed by atoms with Gasteiger partial charge in [-0.3, -0.25) is 4.79 Å². The topological polar surface area (TPSA) is 38.8 Å². The molecule has 0 aromatic heterocycles. The predicted molar refractivity (Wildman–Crippen MR) is 97.0 cm³/mol. The van der Waals surface area contributed by atoms with Gasteiger partial charge in [0.25, 0.3) is 0 Å². The second-order valence-electron chi connectivity index (χ2n) is 5.60. The summed E-state index contributed by atoms with van der Waals surface area (Å²) in [6.07, 6.45) is 0.844. The highest BCUT2D eigenvalue weighted by Gasteiger charge is 2.39. The molecule has 1 amide bonds. The maximum atomic E-state index is 11.9. The largest absolute Gasteiger partial charge is 0.391 e. The highest BCUT2D eigenvalue weighted by atomic mass is 28.4. The van der Waals surface area contributed by atoms with E-state index in [1.54, 1.807) is 11.8 Å². The first-order valence-electron chi connectivity index (χ1n) is 8.21. The van der Waals surface area contributed by atoms with Gasteiger partial charge in [0.2, 0.25) is 5.91 Å². The second-order valence-corrected chi connectivity index (χ2v) is 8.76. The zero-order valence-corrected chi connectivity index (χ0v) is 15.8. The van der Waals surface area contributed by atoms with Crippen LogP contribution in [0.15, 0.2) is 42.5 Å². The fourth-order valence-corrected chi connectivity index (χ4v) is 5.88. The molecule has 1 aromatic carbocycles. The molecule has 0 spiro atoms. The zero-order chi connectivity index (χ0) is 17.3. The van der Waals surface area contributed by atoms with Crippen LogP contribution in [-0.2, 0) is 13.6 Å². The van der Waals surface area contributed by atoms with Crippen LogP contribution in [0.1, 0.15) is 27.2 Å². The van der Waals surface area contributed by atoms with Gasteiger partial charge in [0.05, 0.1) is 0 Å². The van der Waals surface area contributed by atoms with Crippen molar-refractivity contribution in [3.63, 3.8) is 0 Å². The first kappa shape index (κ1) is 19.6. The van der Waals surface area contributed by atoms with Crippen molar-refractivity contribution in [3.8, 4) is 0 Å². The Kier molecular flexibility index (Phi) is 8.23. The highest BCUT2D eigenvalue weighted by Crippen LogP contribution is 2.17. The Morgan fingerprint density at radius 3 is 2.22 bits per heavy atom. The fourth-order valence-electron chi connectivity index (χ4n) is 2.63. The lowest BCUT2D eigenvalue weighted by atomic mass is 10.3. The van der Waals surface area contributed by atoms with Crippen LogP contribution >= 0.6 is 0 Å². The molecule has 5 heteroatoms. The first-order valence-corrected chi connectivity index (χ1v) is 10.2. The van der Waals surface area contributed by atoms with Crippen molar-refractivity contribution in [3.05, 3.63) is 42.5 Å². The molecule has 0 radical (unpaired) electrons. The van der Waals surface area contributed by atoms with Gasteiger partial charge in [-0.1, -0.05) is 36.9 Å². The third-order valence-corrected chi connectivity index (χ3v) is 7.41. The molecule has 0 fully saturated rings. The summed E-state index contributed by atoms with van der Waals surface area (Å²) in [5, 5.41) is 1.15. The highest BCUT2D eigenvalue weighted by molar-refractivity contribution is 6.81. The standard InChI is InChI=1S/C18H29NO3Si/c1-6-21-23(22-7-2,17-12-9-8-10-13-17)15-11-14-19(5)18(20)16(3)4/h8-10,12-13H,3,6-7,11,14-15H2,1-2,4-5H3. The third kappa shape index (κ3) is 5.60. The number of rotatable bonds is 10. The molecular weight excluding hydrogens is 306 g/mol. The number of amides is 1. The minimum atomic E-state index is -2.46. The van der Waals surface area contributed by atoms with Crippen molar-refractivity contribution in [2.24, 2.45) is 0 Å². The molecule has 128 valence electrons. The quantitative estimate of drug-likeness (QED) is 0.487. The number of likely N-dealkylation sites (N-methyl/N-ethyl adjacent to an activating group) is 1. The number of hydrogen-bond acceptors (Lipinski definition) is 3. The van der Waals surface area contributed by atoms with Crippen LogP contribution in [0.3, 0.4) is 0 Å². The van der Waals surface area contributed by atoms with E-state index in [2.05, 4.69) is 18.7 Å². The molecular formula is C18H29NO3Si. The maximum absolute atomic E-state index is 11.9. The number of benzene rings is 1. The molecule has 0 saturated carbocycles. The van der Waals surface area contributed by atoms with E-state index in [0.29, 0.717) is 25.3 Å². The van der Waals surface area contributed by atoms with Gasteiger partial charge in [0, 0.05) is 32.4 Å². The van der Waals surface area contributed by atoms with E-state index in [4.69, 9.17) is 8.85 Å². The Bertz CT molecular complexity index is 498. The molecule has 0 aliphatic heterocycles. The molecule has 0 aliphatic rings. The number of hydrogen-bond donors (Lipinski definition) is 0. The van der Waals surface area contributed by atoms with E-state index in [9.17, 15) is 4.79 Å². The summed E-state index contributed by atoms with van der Waals surface area (Å²) in [6, 6.07) is 11.0. The van der Waals surface area contributed by atoms with Crippen molar-refractivity contribution < 1.29 is 13.6 Å². The molecule has 1 aromatic rings. The van der Waals surface area contributed by atoms with Gasteiger partial charge in [-0.25, -0.2) is 0 Å². The van der Waals surface area contributed by atoms with Crippen molar-refractivity contribution in [1.29, 1.82) is 0 Å². The van der Waals surface area contributed by atoms with Gasteiger partial charge in [0.15, 0.2) is 0 Å². The summed E-state index contributed by atoms with van der Waals surface area (Å²) in [4.78, 5) is 13.6. The van der Waals surface area contributed by atoms with Crippen LogP contribution in [0.4, 0.5) is 0 Å². The molecule has 0 aliphatic carbocycles. The Labute approximate surface area is 141 Å². The van der Waals surface area contributed by atoms with Gasteiger partial charge < -0.3 is 13.8 Å². The molecule has 0 atom stereocenters. The summed E-state index contributed by atoms with van der Waals surface area (Å²) in [5.41, 5.74) is 0.564. The number of carbonyl (C=O) groups excluding carboxylic acids is 1. The zero-order valence-electron chi connectivity index (χ0n) is 14.8. The number of carbonyl (C=O) groups is 1. The van der Waals surface area contributed by atoms with E-state index >= 15 is 0 Å². The minimum Gasteiger partial charge on any atom is -0.391 e. The normalized spacial score (nSPS) is 11.3. The Morgan fingerprint density at radius 2 is 1.74 bits per heavy atom. The fraction of sp³-hybridized carbons (Fsp3) is 0.500. The van der Waals surface area contributed by atoms with Crippen LogP contribution in [0.2, 0.25) is 6.04 Å². The second kappa shape index (κ2) is 9.65. The summed E-state index contributed by atoms with van der Waals surface area (Å²) >= 11 is 0. The first-order chi connectivity index (χ1) is 11.0. The van der Waals surface area contributed by atoms with Crippen LogP contribution in [-0.4, -0.2) is 46.2 Å². The van der Waals surface area contributed by atoms with E-state index < -0.39 is 8.56 Å². The van der Waals surface area contributed by atoms with Crippen LogP contribution in [0.5, 0.6) is 0 Å². The van der Waals surface area contributed by atoms with Crippen LogP contribution in [0.25, 0.3) is 0 Å². The molecule has 1 rings (SSSR count). The SMILES string of the molecule is C=C(C)C(=O)N(C)CCC[Si](OCC)(OCC)c1ccccc1. The molecule has 0 unspecified atom stereocenters. The molecule has 0 bridgehead atoms. The Balaban J connectivity index is 2.81. The van der Waals surface area contributed by atoms with E-state index in [0.717, 1.165) is 17.7 Å². The van der Waals surface area contributed by atoms with Crippen molar-refractivity contribution in [1.82, 2.24) is 4.90 Å². The maximum Gasteiger partial charge on any atom is 0.372 e. The monoisotopic (exact) mass is 335 g/mol. The van der Waals surface area contributed by atoms with Gasteiger partial charge in [-0.05, 0) is 38.4 Å². The van der Waals surface area contributed by atoms with Gasteiger partial charge >= 0.3 is 8.56 Å². The molecule has 0 heterocycles. The van der Waals surface area contributed by atoms with E-state index in [-0.39, 0.29) is 5.91 Å². The van der Waals surface area contributed by atoms with Gasteiger partial charge in [-0.15, -0.1) is 0 Å². The average Bonchev–Trinajstić information content (AvgIpc) is 2.55.